The van der Waals surface area contributed by atoms with E-state index in [4.69, 9.17) is 4.74 Å². The van der Waals surface area contributed by atoms with Gasteiger partial charge in [0.25, 0.3) is 6.47 Å². The zero-order chi connectivity index (χ0) is 12.5. The monoisotopic (exact) mass is 214 g/mol. The highest BCUT2D eigenvalue weighted by Gasteiger charge is 2.46. The van der Waals surface area contributed by atoms with Gasteiger partial charge in [-0.25, -0.2) is 0 Å². The van der Waals surface area contributed by atoms with E-state index in [0.717, 1.165) is 0 Å². The maximum atomic E-state index is 10.6. The van der Waals surface area contributed by atoms with Crippen molar-refractivity contribution >= 4 is 6.47 Å². The van der Waals surface area contributed by atoms with Crippen molar-refractivity contribution in [2.75, 3.05) is 0 Å². The minimum atomic E-state index is -0.0810. The summed E-state index contributed by atoms with van der Waals surface area (Å²) < 4.78 is 5.32. The maximum absolute atomic E-state index is 10.6. The van der Waals surface area contributed by atoms with Crippen LogP contribution in [0.4, 0.5) is 0 Å². The van der Waals surface area contributed by atoms with E-state index in [1.165, 1.54) is 0 Å². The van der Waals surface area contributed by atoms with Gasteiger partial charge in [0.05, 0.1) is 0 Å². The summed E-state index contributed by atoms with van der Waals surface area (Å²) in [5.74, 6) is 0. The van der Waals surface area contributed by atoms with Crippen molar-refractivity contribution in [1.29, 1.82) is 0 Å². The highest BCUT2D eigenvalue weighted by Crippen LogP contribution is 2.47. The molecule has 0 aromatic heterocycles. The van der Waals surface area contributed by atoms with Gasteiger partial charge < -0.3 is 4.74 Å². The maximum Gasteiger partial charge on any atom is 0.293 e. The van der Waals surface area contributed by atoms with E-state index in [9.17, 15) is 4.79 Å². The molecule has 0 bridgehead atoms. The summed E-state index contributed by atoms with van der Waals surface area (Å²) >= 11 is 0. The number of hydrogen-bond donors (Lipinski definition) is 0. The van der Waals surface area contributed by atoms with Crippen LogP contribution in [0.3, 0.4) is 0 Å². The molecule has 0 heterocycles. The lowest BCUT2D eigenvalue weighted by Crippen LogP contribution is -2.49. The van der Waals surface area contributed by atoms with E-state index in [1.807, 2.05) is 0 Å². The molecule has 15 heavy (non-hydrogen) atoms. The van der Waals surface area contributed by atoms with E-state index < -0.39 is 0 Å². The van der Waals surface area contributed by atoms with E-state index in [0.29, 0.717) is 6.47 Å². The second-order valence-corrected chi connectivity index (χ2v) is 6.95. The van der Waals surface area contributed by atoms with Crippen molar-refractivity contribution in [3.05, 3.63) is 0 Å². The zero-order valence-corrected chi connectivity index (χ0v) is 11.5. The van der Waals surface area contributed by atoms with Crippen LogP contribution in [0.15, 0.2) is 0 Å². The average molecular weight is 214 g/mol. The summed E-state index contributed by atoms with van der Waals surface area (Å²) in [5.41, 5.74) is -0.0161. The molecule has 0 aliphatic carbocycles. The topological polar surface area (TPSA) is 26.3 Å². The Morgan fingerprint density at radius 1 is 0.933 bits per heavy atom. The molecule has 0 rings (SSSR count). The highest BCUT2D eigenvalue weighted by molar-refractivity contribution is 5.38. The van der Waals surface area contributed by atoms with Crippen LogP contribution in [-0.2, 0) is 9.53 Å². The van der Waals surface area contributed by atoms with Gasteiger partial charge in [-0.2, -0.15) is 0 Å². The van der Waals surface area contributed by atoms with Gasteiger partial charge in [0, 0.05) is 5.41 Å². The van der Waals surface area contributed by atoms with Crippen LogP contribution in [0, 0.1) is 16.2 Å². The Morgan fingerprint density at radius 2 is 1.33 bits per heavy atom. The molecule has 0 radical (unpaired) electrons. The standard InChI is InChI=1S/C13H26O2/c1-11(2,3)10(15-9-14)13(7,8)12(4,5)6/h9-10H,1-8H3. The Morgan fingerprint density at radius 3 is 1.53 bits per heavy atom. The minimum absolute atomic E-state index is 0.0440. The molecular formula is C13H26O2. The van der Waals surface area contributed by atoms with Gasteiger partial charge in [-0.05, 0) is 10.8 Å². The predicted molar refractivity (Wildman–Crippen MR) is 63.6 cm³/mol. The largest absolute Gasteiger partial charge is 0.463 e. The van der Waals surface area contributed by atoms with Crippen LogP contribution >= 0.6 is 0 Å². The van der Waals surface area contributed by atoms with Gasteiger partial charge >= 0.3 is 0 Å². The number of carbonyl (C=O) groups is 1. The Balaban J connectivity index is 5.17. The lowest BCUT2D eigenvalue weighted by molar-refractivity contribution is -0.158. The lowest BCUT2D eigenvalue weighted by Gasteiger charge is -2.48. The van der Waals surface area contributed by atoms with Gasteiger partial charge in [-0.15, -0.1) is 0 Å². The van der Waals surface area contributed by atoms with Crippen molar-refractivity contribution in [3.8, 4) is 0 Å². The summed E-state index contributed by atoms with van der Waals surface area (Å²) in [6, 6.07) is 0. The first-order valence-electron chi connectivity index (χ1n) is 5.53. The summed E-state index contributed by atoms with van der Waals surface area (Å²) in [5, 5.41) is 0. The van der Waals surface area contributed by atoms with Crippen molar-refractivity contribution in [1.82, 2.24) is 0 Å². The second kappa shape index (κ2) is 4.15. The molecule has 0 saturated carbocycles. The van der Waals surface area contributed by atoms with Crippen LogP contribution in [0.2, 0.25) is 0 Å². The molecule has 0 N–H and O–H groups in total. The Labute approximate surface area is 94.4 Å². The normalized spacial score (nSPS) is 16.0. The average Bonchev–Trinajstić information content (AvgIpc) is 1.95. The van der Waals surface area contributed by atoms with Gasteiger partial charge in [0.1, 0.15) is 6.10 Å². The van der Waals surface area contributed by atoms with E-state index in [-0.39, 0.29) is 22.3 Å². The zero-order valence-electron chi connectivity index (χ0n) is 11.5. The second-order valence-electron chi connectivity index (χ2n) is 6.95. The van der Waals surface area contributed by atoms with Crippen LogP contribution in [-0.4, -0.2) is 12.6 Å². The number of hydrogen-bond acceptors (Lipinski definition) is 2. The fourth-order valence-electron chi connectivity index (χ4n) is 1.91. The summed E-state index contributed by atoms with van der Waals surface area (Å²) in [7, 11) is 0. The van der Waals surface area contributed by atoms with Crippen LogP contribution in [0.1, 0.15) is 55.4 Å². The molecule has 0 saturated heterocycles. The van der Waals surface area contributed by atoms with Crippen LogP contribution < -0.4 is 0 Å². The van der Waals surface area contributed by atoms with Gasteiger partial charge in [0.2, 0.25) is 0 Å². The SMILES string of the molecule is CC(C)(C)C(OC=O)C(C)(C)C(C)(C)C. The third kappa shape index (κ3) is 3.22. The predicted octanol–water partition coefficient (Wildman–Crippen LogP) is 3.65. The highest BCUT2D eigenvalue weighted by atomic mass is 16.5. The molecule has 1 atom stereocenters. The third-order valence-electron chi connectivity index (χ3n) is 3.57. The summed E-state index contributed by atoms with van der Waals surface area (Å²) in [6.07, 6.45) is -0.0810. The number of ether oxygens (including phenoxy) is 1. The Bertz CT molecular complexity index is 216. The molecule has 0 aliphatic rings. The lowest BCUT2D eigenvalue weighted by atomic mass is 9.60. The fraction of sp³-hybridized carbons (Fsp3) is 0.923. The molecular weight excluding hydrogens is 188 g/mol. The molecule has 0 spiro atoms. The van der Waals surface area contributed by atoms with E-state index in [1.54, 1.807) is 0 Å². The molecule has 1 unspecified atom stereocenters. The van der Waals surface area contributed by atoms with Crippen molar-refractivity contribution in [3.63, 3.8) is 0 Å². The van der Waals surface area contributed by atoms with Crippen molar-refractivity contribution in [2.45, 2.75) is 61.5 Å². The molecule has 0 aliphatic heterocycles. The quantitative estimate of drug-likeness (QED) is 0.670. The van der Waals surface area contributed by atoms with Gasteiger partial charge in [0.15, 0.2) is 0 Å². The molecule has 0 aromatic carbocycles. The Kier molecular flexibility index (Phi) is 4.00. The van der Waals surface area contributed by atoms with Crippen molar-refractivity contribution in [2.24, 2.45) is 16.2 Å². The van der Waals surface area contributed by atoms with Gasteiger partial charge in [-0.3, -0.25) is 4.79 Å². The van der Waals surface area contributed by atoms with Crippen LogP contribution in [0.25, 0.3) is 0 Å². The molecule has 0 aromatic rings. The number of rotatable bonds is 3. The first kappa shape index (κ1) is 14.5. The van der Waals surface area contributed by atoms with Gasteiger partial charge in [-0.1, -0.05) is 55.4 Å². The van der Waals surface area contributed by atoms with Crippen molar-refractivity contribution < 1.29 is 9.53 Å². The first-order chi connectivity index (χ1) is 6.44. The first-order valence-corrected chi connectivity index (χ1v) is 5.53. The smallest absolute Gasteiger partial charge is 0.293 e. The molecule has 2 heteroatoms. The summed E-state index contributed by atoms with van der Waals surface area (Å²) in [6.45, 7) is 17.7. The van der Waals surface area contributed by atoms with Crippen LogP contribution in [0.5, 0.6) is 0 Å². The molecule has 90 valence electrons. The number of carbonyl (C=O) groups excluding carboxylic acids is 1. The van der Waals surface area contributed by atoms with E-state index in [2.05, 4.69) is 55.4 Å². The van der Waals surface area contributed by atoms with E-state index >= 15 is 0 Å². The molecule has 0 amide bonds. The summed E-state index contributed by atoms with van der Waals surface area (Å²) in [4.78, 5) is 10.6. The Hall–Kier alpha value is -0.530. The molecule has 0 fully saturated rings. The third-order valence-corrected chi connectivity index (χ3v) is 3.57. The fourth-order valence-corrected chi connectivity index (χ4v) is 1.91. The minimum Gasteiger partial charge on any atom is -0.463 e. The molecule has 2 nitrogen and oxygen atoms in total.